The van der Waals surface area contributed by atoms with Gasteiger partial charge in [0, 0.05) is 12.1 Å². The smallest absolute Gasteiger partial charge is 0.246 e. The Morgan fingerprint density at radius 3 is 2.29 bits per heavy atom. The van der Waals surface area contributed by atoms with Gasteiger partial charge in [0.2, 0.25) is 5.91 Å². The monoisotopic (exact) mass is 197 g/mol. The number of carbonyl (C=O) groups is 1. The minimum absolute atomic E-state index is 0.0152. The summed E-state index contributed by atoms with van der Waals surface area (Å²) in [6, 6.07) is 0. The maximum absolute atomic E-state index is 11.1. The molecule has 0 aliphatic rings. The van der Waals surface area contributed by atoms with Gasteiger partial charge in [-0.15, -0.1) is 0 Å². The van der Waals surface area contributed by atoms with Crippen LogP contribution in [0.1, 0.15) is 52.4 Å². The van der Waals surface area contributed by atoms with Crippen molar-refractivity contribution in [2.75, 3.05) is 6.54 Å². The zero-order valence-electron chi connectivity index (χ0n) is 9.57. The highest BCUT2D eigenvalue weighted by Crippen LogP contribution is 2.04. The van der Waals surface area contributed by atoms with E-state index in [0.717, 1.165) is 13.0 Å². The first-order valence-corrected chi connectivity index (χ1v) is 5.62. The highest BCUT2D eigenvalue weighted by Gasteiger charge is 1.98. The molecule has 0 fully saturated rings. The molecular formula is C12H23NO. The van der Waals surface area contributed by atoms with E-state index in [-0.39, 0.29) is 5.91 Å². The van der Waals surface area contributed by atoms with E-state index < -0.39 is 0 Å². The van der Waals surface area contributed by atoms with Crippen LogP contribution in [0, 0.1) is 0 Å². The fourth-order valence-corrected chi connectivity index (χ4v) is 1.26. The fourth-order valence-electron chi connectivity index (χ4n) is 1.26. The summed E-state index contributed by atoms with van der Waals surface area (Å²) in [5.74, 6) is -0.0152. The minimum Gasteiger partial charge on any atom is -0.352 e. The summed E-state index contributed by atoms with van der Waals surface area (Å²) in [5.41, 5.74) is 0.594. The zero-order chi connectivity index (χ0) is 10.8. The normalized spacial score (nSPS) is 9.86. The van der Waals surface area contributed by atoms with Gasteiger partial charge in [-0.05, 0) is 13.3 Å². The molecule has 14 heavy (non-hydrogen) atoms. The number of hydrogen-bond donors (Lipinski definition) is 1. The Morgan fingerprint density at radius 2 is 1.71 bits per heavy atom. The number of unbranched alkanes of at least 4 members (excludes halogenated alkanes) is 5. The van der Waals surface area contributed by atoms with Crippen LogP contribution in [0.5, 0.6) is 0 Å². The lowest BCUT2D eigenvalue weighted by Gasteiger charge is -2.04. The van der Waals surface area contributed by atoms with Gasteiger partial charge in [-0.1, -0.05) is 45.6 Å². The van der Waals surface area contributed by atoms with E-state index in [2.05, 4.69) is 18.8 Å². The summed E-state index contributed by atoms with van der Waals surface area (Å²) < 4.78 is 0. The SMILES string of the molecule is C=C(C)C(=O)NCCCCCCCC. The van der Waals surface area contributed by atoms with Gasteiger partial charge in [0.1, 0.15) is 0 Å². The largest absolute Gasteiger partial charge is 0.352 e. The second kappa shape index (κ2) is 8.79. The zero-order valence-corrected chi connectivity index (χ0v) is 9.57. The molecule has 0 radical (unpaired) electrons. The highest BCUT2D eigenvalue weighted by molar-refractivity contribution is 5.91. The summed E-state index contributed by atoms with van der Waals surface area (Å²) in [6.45, 7) is 8.32. The van der Waals surface area contributed by atoms with E-state index in [0.29, 0.717) is 5.57 Å². The van der Waals surface area contributed by atoms with Gasteiger partial charge in [0.25, 0.3) is 0 Å². The average molecular weight is 197 g/mol. The molecule has 0 rings (SSSR count). The summed E-state index contributed by atoms with van der Waals surface area (Å²) in [5, 5.41) is 2.83. The van der Waals surface area contributed by atoms with Crippen LogP contribution in [-0.4, -0.2) is 12.5 Å². The summed E-state index contributed by atoms with van der Waals surface area (Å²) in [7, 11) is 0. The third-order valence-electron chi connectivity index (χ3n) is 2.20. The van der Waals surface area contributed by atoms with Crippen LogP contribution in [0.2, 0.25) is 0 Å². The predicted octanol–water partition coefficient (Wildman–Crippen LogP) is 3.04. The molecule has 0 aromatic heterocycles. The molecule has 2 heteroatoms. The first kappa shape index (κ1) is 13.2. The molecule has 1 amide bonds. The first-order chi connectivity index (χ1) is 6.68. The van der Waals surface area contributed by atoms with Crippen molar-refractivity contribution >= 4 is 5.91 Å². The van der Waals surface area contributed by atoms with Crippen LogP contribution in [0.4, 0.5) is 0 Å². The first-order valence-electron chi connectivity index (χ1n) is 5.62. The molecule has 0 aliphatic heterocycles. The van der Waals surface area contributed by atoms with E-state index in [9.17, 15) is 4.79 Å². The van der Waals surface area contributed by atoms with Crippen molar-refractivity contribution < 1.29 is 4.79 Å². The van der Waals surface area contributed by atoms with E-state index in [4.69, 9.17) is 0 Å². The molecule has 1 N–H and O–H groups in total. The van der Waals surface area contributed by atoms with E-state index in [1.165, 1.54) is 32.1 Å². The van der Waals surface area contributed by atoms with Crippen LogP contribution in [0.3, 0.4) is 0 Å². The van der Waals surface area contributed by atoms with Gasteiger partial charge in [-0.3, -0.25) is 4.79 Å². The van der Waals surface area contributed by atoms with Crippen molar-refractivity contribution in [3.05, 3.63) is 12.2 Å². The van der Waals surface area contributed by atoms with Crippen LogP contribution in [0.25, 0.3) is 0 Å². The molecule has 0 aliphatic carbocycles. The molecule has 0 aromatic carbocycles. The fraction of sp³-hybridized carbons (Fsp3) is 0.750. The molecule has 82 valence electrons. The van der Waals surface area contributed by atoms with E-state index in [1.807, 2.05) is 0 Å². The van der Waals surface area contributed by atoms with Crippen LogP contribution in [0.15, 0.2) is 12.2 Å². The molecular weight excluding hydrogens is 174 g/mol. The Morgan fingerprint density at radius 1 is 1.14 bits per heavy atom. The quantitative estimate of drug-likeness (QED) is 0.470. The van der Waals surface area contributed by atoms with E-state index >= 15 is 0 Å². The van der Waals surface area contributed by atoms with Crippen LogP contribution < -0.4 is 5.32 Å². The van der Waals surface area contributed by atoms with Crippen molar-refractivity contribution in [1.29, 1.82) is 0 Å². The predicted molar refractivity (Wildman–Crippen MR) is 61.2 cm³/mol. The lowest BCUT2D eigenvalue weighted by molar-refractivity contribution is -0.117. The lowest BCUT2D eigenvalue weighted by Crippen LogP contribution is -2.24. The van der Waals surface area contributed by atoms with Gasteiger partial charge in [-0.25, -0.2) is 0 Å². The number of nitrogens with one attached hydrogen (secondary N) is 1. The molecule has 0 saturated carbocycles. The molecule has 0 heterocycles. The second-order valence-electron chi connectivity index (χ2n) is 3.80. The van der Waals surface area contributed by atoms with Gasteiger partial charge >= 0.3 is 0 Å². The highest BCUT2D eigenvalue weighted by atomic mass is 16.1. The van der Waals surface area contributed by atoms with Crippen LogP contribution in [-0.2, 0) is 4.79 Å². The number of rotatable bonds is 8. The maximum Gasteiger partial charge on any atom is 0.246 e. The molecule has 0 saturated heterocycles. The third kappa shape index (κ3) is 7.84. The third-order valence-corrected chi connectivity index (χ3v) is 2.20. The van der Waals surface area contributed by atoms with Crippen molar-refractivity contribution in [3.63, 3.8) is 0 Å². The Kier molecular flexibility index (Phi) is 8.30. The Labute approximate surface area is 87.8 Å². The Hall–Kier alpha value is -0.790. The summed E-state index contributed by atoms with van der Waals surface area (Å²) in [4.78, 5) is 11.1. The minimum atomic E-state index is -0.0152. The van der Waals surface area contributed by atoms with Gasteiger partial charge in [-0.2, -0.15) is 0 Å². The topological polar surface area (TPSA) is 29.1 Å². The van der Waals surface area contributed by atoms with Crippen molar-refractivity contribution in [3.8, 4) is 0 Å². The van der Waals surface area contributed by atoms with Crippen molar-refractivity contribution in [1.82, 2.24) is 5.32 Å². The Bertz CT molecular complexity index is 175. The molecule has 0 spiro atoms. The standard InChI is InChI=1S/C12H23NO/c1-4-5-6-7-8-9-10-13-12(14)11(2)3/h2,4-10H2,1,3H3,(H,13,14). The molecule has 0 aromatic rings. The maximum atomic E-state index is 11.1. The van der Waals surface area contributed by atoms with E-state index in [1.54, 1.807) is 6.92 Å². The average Bonchev–Trinajstić information content (AvgIpc) is 2.16. The lowest BCUT2D eigenvalue weighted by atomic mass is 10.1. The molecule has 0 atom stereocenters. The van der Waals surface area contributed by atoms with Gasteiger partial charge in [0.05, 0.1) is 0 Å². The van der Waals surface area contributed by atoms with Gasteiger partial charge in [0.15, 0.2) is 0 Å². The number of hydrogen-bond acceptors (Lipinski definition) is 1. The number of amides is 1. The second-order valence-corrected chi connectivity index (χ2v) is 3.80. The molecule has 0 bridgehead atoms. The number of carbonyl (C=O) groups excluding carboxylic acids is 1. The molecule has 2 nitrogen and oxygen atoms in total. The van der Waals surface area contributed by atoms with Crippen molar-refractivity contribution in [2.24, 2.45) is 0 Å². The summed E-state index contributed by atoms with van der Waals surface area (Å²) >= 11 is 0. The molecule has 0 unspecified atom stereocenters. The van der Waals surface area contributed by atoms with Crippen LogP contribution >= 0.6 is 0 Å². The van der Waals surface area contributed by atoms with Crippen molar-refractivity contribution in [2.45, 2.75) is 52.4 Å². The summed E-state index contributed by atoms with van der Waals surface area (Å²) in [6.07, 6.45) is 7.53. The van der Waals surface area contributed by atoms with Gasteiger partial charge < -0.3 is 5.32 Å². The Balaban J connectivity index is 3.13.